The summed E-state index contributed by atoms with van der Waals surface area (Å²) in [6.45, 7) is 4.74. The molecular weight excluding hydrogens is 461 g/mol. The molecule has 7 heteroatoms. The second-order valence-corrected chi connectivity index (χ2v) is 8.04. The van der Waals surface area contributed by atoms with Crippen LogP contribution in [0.4, 0.5) is 0 Å². The van der Waals surface area contributed by atoms with Gasteiger partial charge in [0.25, 0.3) is 0 Å². The van der Waals surface area contributed by atoms with Gasteiger partial charge in [0.05, 0.1) is 18.8 Å². The van der Waals surface area contributed by atoms with Crippen LogP contribution < -0.4 is 15.4 Å². The molecule has 1 saturated heterocycles. The second kappa shape index (κ2) is 10.6. The highest BCUT2D eigenvalue weighted by atomic mass is 127. The van der Waals surface area contributed by atoms with E-state index >= 15 is 0 Å². The van der Waals surface area contributed by atoms with E-state index in [2.05, 4.69) is 21.7 Å². The van der Waals surface area contributed by atoms with Crippen molar-refractivity contribution in [2.24, 2.45) is 10.9 Å². The van der Waals surface area contributed by atoms with E-state index in [0.29, 0.717) is 13.1 Å². The quantitative estimate of drug-likeness (QED) is 0.297. The third-order valence-corrected chi connectivity index (χ3v) is 5.80. The summed E-state index contributed by atoms with van der Waals surface area (Å²) in [5.41, 5.74) is 0.474. The van der Waals surface area contributed by atoms with Gasteiger partial charge >= 0.3 is 0 Å². The van der Waals surface area contributed by atoms with Crippen LogP contribution in [0.2, 0.25) is 0 Å². The highest BCUT2D eigenvalue weighted by molar-refractivity contribution is 14.0. The number of guanidine groups is 1. The number of benzene rings is 1. The van der Waals surface area contributed by atoms with Crippen LogP contribution in [0.1, 0.15) is 31.7 Å². The van der Waals surface area contributed by atoms with E-state index < -0.39 is 5.60 Å². The third-order valence-electron chi connectivity index (χ3n) is 4.56. The Morgan fingerprint density at radius 1 is 1.35 bits per heavy atom. The van der Waals surface area contributed by atoms with Crippen molar-refractivity contribution in [2.75, 3.05) is 31.2 Å². The topological polar surface area (TPSA) is 65.9 Å². The average molecular weight is 491 g/mol. The highest BCUT2D eigenvalue weighted by Crippen LogP contribution is 2.30. The van der Waals surface area contributed by atoms with Crippen LogP contribution >= 0.6 is 35.7 Å². The van der Waals surface area contributed by atoms with Gasteiger partial charge in [0.1, 0.15) is 5.75 Å². The molecule has 1 aromatic rings. The Hall–Kier alpha value is -0.670. The van der Waals surface area contributed by atoms with Crippen LogP contribution in [0.5, 0.6) is 5.75 Å². The summed E-state index contributed by atoms with van der Waals surface area (Å²) in [5, 5.41) is 17.0. The molecule has 1 unspecified atom stereocenters. The molecule has 3 rings (SSSR count). The van der Waals surface area contributed by atoms with Gasteiger partial charge in [-0.2, -0.15) is 11.8 Å². The minimum Gasteiger partial charge on any atom is -0.493 e. The van der Waals surface area contributed by atoms with E-state index in [1.54, 1.807) is 11.8 Å². The van der Waals surface area contributed by atoms with Gasteiger partial charge in [-0.3, -0.25) is 0 Å². The summed E-state index contributed by atoms with van der Waals surface area (Å²) in [4.78, 5) is 4.68. The first-order chi connectivity index (χ1) is 12.2. The first-order valence-corrected chi connectivity index (χ1v) is 10.4. The largest absolute Gasteiger partial charge is 0.493 e. The molecule has 5 nitrogen and oxygen atoms in total. The van der Waals surface area contributed by atoms with Crippen molar-refractivity contribution >= 4 is 41.7 Å². The van der Waals surface area contributed by atoms with E-state index in [-0.39, 0.29) is 24.0 Å². The molecule has 2 aliphatic rings. The van der Waals surface area contributed by atoms with Crippen molar-refractivity contribution in [3.63, 3.8) is 0 Å². The van der Waals surface area contributed by atoms with E-state index in [9.17, 15) is 5.11 Å². The number of rotatable bonds is 8. The summed E-state index contributed by atoms with van der Waals surface area (Å²) in [6.07, 6.45) is 3.41. The van der Waals surface area contributed by atoms with Crippen LogP contribution in [0.15, 0.2) is 29.3 Å². The second-order valence-electron chi connectivity index (χ2n) is 6.94. The molecule has 2 fully saturated rings. The highest BCUT2D eigenvalue weighted by Gasteiger charge is 2.31. The molecule has 0 amide bonds. The predicted octanol–water partition coefficient (Wildman–Crippen LogP) is 3.02. The normalized spacial score (nSPS) is 22.6. The fourth-order valence-corrected chi connectivity index (χ4v) is 4.05. The summed E-state index contributed by atoms with van der Waals surface area (Å²) < 4.78 is 5.96. The number of thioether (sulfide) groups is 1. The molecule has 0 aromatic heterocycles. The minimum absolute atomic E-state index is 0. The molecule has 26 heavy (non-hydrogen) atoms. The predicted molar refractivity (Wildman–Crippen MR) is 120 cm³/mol. The fourth-order valence-electron chi connectivity index (χ4n) is 2.76. The zero-order valence-electron chi connectivity index (χ0n) is 15.4. The number of halogens is 1. The number of nitrogens with one attached hydrogen (secondary N) is 2. The lowest BCUT2D eigenvalue weighted by molar-refractivity contribution is 0.0724. The molecule has 3 N–H and O–H groups in total. The molecule has 1 aromatic carbocycles. The number of nitrogens with zero attached hydrogens (tertiary/aromatic N) is 1. The Balaban J connectivity index is 0.00000243. The van der Waals surface area contributed by atoms with Crippen LogP contribution in [0.25, 0.3) is 0 Å². The third kappa shape index (κ3) is 6.81. The molecule has 0 radical (unpaired) electrons. The van der Waals surface area contributed by atoms with Crippen LogP contribution in [0.3, 0.4) is 0 Å². The molecule has 0 spiro atoms. The molecule has 1 atom stereocenters. The van der Waals surface area contributed by atoms with Crippen LogP contribution in [-0.2, 0) is 6.54 Å². The number of hydrogen-bond acceptors (Lipinski definition) is 4. The maximum Gasteiger partial charge on any atom is 0.191 e. The summed E-state index contributed by atoms with van der Waals surface area (Å²) in [5.74, 6) is 4.22. The molecular formula is C19H30IN3O2S. The van der Waals surface area contributed by atoms with Crippen molar-refractivity contribution in [1.29, 1.82) is 0 Å². The van der Waals surface area contributed by atoms with Gasteiger partial charge < -0.3 is 20.5 Å². The molecule has 1 heterocycles. The number of hydrogen-bond donors (Lipinski definition) is 3. The van der Waals surface area contributed by atoms with Gasteiger partial charge in [-0.05, 0) is 43.9 Å². The number of aliphatic imine (C=N–C) groups is 1. The zero-order chi connectivity index (χ0) is 17.5. The number of para-hydroxylation sites is 1. The standard InChI is InChI=1S/C19H29N3O2S.HI/c1-2-20-18(22-13-19(23)9-10-25-14-19)21-11-16-5-3-4-6-17(16)24-12-15-7-8-15;/h3-6,15,23H,2,7-14H2,1H3,(H2,20,21,22);1H. The van der Waals surface area contributed by atoms with Crippen LogP contribution in [0, 0.1) is 5.92 Å². The average Bonchev–Trinajstić information content (AvgIpc) is 3.36. The zero-order valence-corrected chi connectivity index (χ0v) is 18.5. The lowest BCUT2D eigenvalue weighted by Crippen LogP contribution is -2.47. The van der Waals surface area contributed by atoms with Gasteiger partial charge in [-0.25, -0.2) is 4.99 Å². The minimum atomic E-state index is -0.619. The Labute approximate surface area is 177 Å². The molecule has 1 aliphatic carbocycles. The van der Waals surface area contributed by atoms with E-state index in [1.807, 2.05) is 25.1 Å². The first kappa shape index (κ1) is 21.6. The summed E-state index contributed by atoms with van der Waals surface area (Å²) in [6, 6.07) is 8.11. The smallest absolute Gasteiger partial charge is 0.191 e. The lowest BCUT2D eigenvalue weighted by Gasteiger charge is -2.23. The van der Waals surface area contributed by atoms with E-state index in [1.165, 1.54) is 12.8 Å². The van der Waals surface area contributed by atoms with Crippen molar-refractivity contribution < 1.29 is 9.84 Å². The number of aliphatic hydroxyl groups is 1. The SMILES string of the molecule is CCNC(=NCc1ccccc1OCC1CC1)NCC1(O)CCSC1.I. The summed E-state index contributed by atoms with van der Waals surface area (Å²) >= 11 is 1.80. The molecule has 146 valence electrons. The fraction of sp³-hybridized carbons (Fsp3) is 0.632. The van der Waals surface area contributed by atoms with Gasteiger partial charge in [0, 0.05) is 24.4 Å². The Kier molecular flexibility index (Phi) is 8.83. The van der Waals surface area contributed by atoms with Gasteiger partial charge in [0.2, 0.25) is 0 Å². The van der Waals surface area contributed by atoms with Gasteiger partial charge in [0.15, 0.2) is 5.96 Å². The maximum absolute atomic E-state index is 10.5. The number of ether oxygens (including phenoxy) is 1. The maximum atomic E-state index is 10.5. The Bertz CT molecular complexity index is 590. The molecule has 1 aliphatic heterocycles. The van der Waals surface area contributed by atoms with Crippen molar-refractivity contribution in [1.82, 2.24) is 10.6 Å². The van der Waals surface area contributed by atoms with Crippen molar-refractivity contribution in [3.8, 4) is 5.75 Å². The van der Waals surface area contributed by atoms with Crippen LogP contribution in [-0.4, -0.2) is 47.9 Å². The molecule has 0 bridgehead atoms. The summed E-state index contributed by atoms with van der Waals surface area (Å²) in [7, 11) is 0. The van der Waals surface area contributed by atoms with E-state index in [4.69, 9.17) is 4.74 Å². The lowest BCUT2D eigenvalue weighted by atomic mass is 10.0. The first-order valence-electron chi connectivity index (χ1n) is 9.21. The Morgan fingerprint density at radius 3 is 2.85 bits per heavy atom. The van der Waals surface area contributed by atoms with Gasteiger partial charge in [-0.15, -0.1) is 24.0 Å². The molecule has 1 saturated carbocycles. The van der Waals surface area contributed by atoms with Crippen molar-refractivity contribution in [2.45, 2.75) is 38.3 Å². The van der Waals surface area contributed by atoms with Crippen molar-refractivity contribution in [3.05, 3.63) is 29.8 Å². The Morgan fingerprint density at radius 2 is 2.15 bits per heavy atom. The van der Waals surface area contributed by atoms with Gasteiger partial charge in [-0.1, -0.05) is 18.2 Å². The van der Waals surface area contributed by atoms with E-state index in [0.717, 1.165) is 54.3 Å². The monoisotopic (exact) mass is 491 g/mol.